The summed E-state index contributed by atoms with van der Waals surface area (Å²) in [7, 11) is -0.361. The van der Waals surface area contributed by atoms with Gasteiger partial charge in [0.15, 0.2) is 12.7 Å². The van der Waals surface area contributed by atoms with Gasteiger partial charge in [-0.05, 0) is 48.0 Å². The van der Waals surface area contributed by atoms with Crippen LogP contribution in [0, 0.1) is 0 Å². The number of benzene rings is 5. The summed E-state index contributed by atoms with van der Waals surface area (Å²) in [5.41, 5.74) is 8.36. The Kier molecular flexibility index (Phi) is 10.1. The molecule has 0 spiro atoms. The van der Waals surface area contributed by atoms with E-state index in [0.29, 0.717) is 18.5 Å². The van der Waals surface area contributed by atoms with Crippen molar-refractivity contribution in [3.05, 3.63) is 138 Å². The van der Waals surface area contributed by atoms with E-state index >= 15 is 0 Å². The van der Waals surface area contributed by atoms with Crippen molar-refractivity contribution in [3.63, 3.8) is 0 Å². The number of likely N-dealkylation sites (N-methyl/N-ethyl adjacent to an activating group) is 1. The molecule has 0 amide bonds. The molecule has 0 saturated heterocycles. The van der Waals surface area contributed by atoms with E-state index < -0.39 is 10.1 Å². The molecule has 12 heteroatoms. The molecule has 6 aromatic rings. The van der Waals surface area contributed by atoms with Crippen molar-refractivity contribution in [2.45, 2.75) is 21.2 Å². The molecule has 0 atom stereocenters. The Morgan fingerprint density at radius 2 is 1.68 bits per heavy atom. The third-order valence-corrected chi connectivity index (χ3v) is 11.3. The standard InChI is InChI=1S/C38H34N4O5S3/c1-40(33-16-8-14-32-31(33)13-9-17-37(32)50(43,44)45)23-21-39-46-47-49-29-18-19-36-35(25-29)41(2)38(48-36)24-28-20-22-42(26-27-10-4-3-5-11-27)34-15-7-6-12-30(28)34/h3-20,22,24-25,39H,21,23,26H2,1-2H3/p+1. The minimum Gasteiger partial charge on any atom is -0.373 e. The van der Waals surface area contributed by atoms with E-state index in [0.717, 1.165) is 45.3 Å². The lowest BCUT2D eigenvalue weighted by Gasteiger charge is -2.21. The molecule has 2 heterocycles. The summed E-state index contributed by atoms with van der Waals surface area (Å²) >= 11 is 2.86. The molecule has 1 aliphatic rings. The van der Waals surface area contributed by atoms with Gasteiger partial charge in [0.05, 0.1) is 28.1 Å². The SMILES string of the molecule is CN(CCNOOSc1ccc2c(c1)N(C)C(=Cc1cc[n+](Cc3ccccc3)c3ccccc13)S2)c1cccc2c(S(=O)(=O)O)cccc12. The number of pyridine rings is 1. The average Bonchev–Trinajstić information content (AvgIpc) is 3.43. The molecule has 0 saturated carbocycles. The molecule has 5 aromatic carbocycles. The van der Waals surface area contributed by atoms with Gasteiger partial charge in [-0.15, -0.1) is 9.32 Å². The van der Waals surface area contributed by atoms with Gasteiger partial charge in [-0.25, -0.2) is 0 Å². The summed E-state index contributed by atoms with van der Waals surface area (Å²) in [5, 5.41) is 3.52. The van der Waals surface area contributed by atoms with Gasteiger partial charge in [-0.1, -0.05) is 78.5 Å². The van der Waals surface area contributed by atoms with Crippen LogP contribution in [-0.4, -0.2) is 40.2 Å². The number of nitrogens with one attached hydrogen (secondary N) is 1. The molecule has 7 rings (SSSR count). The predicted molar refractivity (Wildman–Crippen MR) is 201 cm³/mol. The fourth-order valence-corrected chi connectivity index (χ4v) is 8.32. The Bertz CT molecular complexity index is 2320. The zero-order valence-electron chi connectivity index (χ0n) is 27.4. The van der Waals surface area contributed by atoms with Crippen LogP contribution >= 0.6 is 23.8 Å². The van der Waals surface area contributed by atoms with Gasteiger partial charge < -0.3 is 9.80 Å². The van der Waals surface area contributed by atoms with Crippen LogP contribution in [-0.2, 0) is 26.0 Å². The van der Waals surface area contributed by atoms with E-state index in [2.05, 4.69) is 101 Å². The smallest absolute Gasteiger partial charge is 0.295 e. The lowest BCUT2D eigenvalue weighted by atomic mass is 10.1. The molecular formula is C38H35N4O5S3+. The summed E-state index contributed by atoms with van der Waals surface area (Å²) in [4.78, 5) is 11.4. The van der Waals surface area contributed by atoms with Crippen LogP contribution in [0.3, 0.4) is 0 Å². The quantitative estimate of drug-likeness (QED) is 0.0327. The maximum Gasteiger partial charge on any atom is 0.295 e. The Labute approximate surface area is 300 Å². The normalized spacial score (nSPS) is 13.7. The van der Waals surface area contributed by atoms with Crippen molar-refractivity contribution >= 4 is 73.0 Å². The number of aromatic nitrogens is 1. The van der Waals surface area contributed by atoms with Gasteiger partial charge in [0.2, 0.25) is 5.52 Å². The summed E-state index contributed by atoms with van der Waals surface area (Å²) in [6.07, 6.45) is 4.41. The molecule has 254 valence electrons. The number of hydrogen-bond acceptors (Lipinski definition) is 9. The second-order valence-corrected chi connectivity index (χ2v) is 15.1. The van der Waals surface area contributed by atoms with E-state index in [1.165, 1.54) is 33.0 Å². The highest BCUT2D eigenvalue weighted by molar-refractivity contribution is 8.04. The second kappa shape index (κ2) is 14.8. The highest BCUT2D eigenvalue weighted by Gasteiger charge is 2.24. The maximum absolute atomic E-state index is 11.8. The van der Waals surface area contributed by atoms with Crippen LogP contribution in [0.25, 0.3) is 27.8 Å². The molecule has 2 N–H and O–H groups in total. The van der Waals surface area contributed by atoms with Crippen molar-refractivity contribution in [2.75, 3.05) is 37.0 Å². The first-order valence-corrected chi connectivity index (χ1v) is 18.9. The Balaban J connectivity index is 0.948. The third-order valence-electron chi connectivity index (χ3n) is 8.59. The lowest BCUT2D eigenvalue weighted by molar-refractivity contribution is -0.662. The van der Waals surface area contributed by atoms with Crippen LogP contribution in [0.5, 0.6) is 0 Å². The van der Waals surface area contributed by atoms with E-state index in [-0.39, 0.29) is 4.90 Å². The minimum absolute atomic E-state index is 0.113. The zero-order valence-corrected chi connectivity index (χ0v) is 29.8. The largest absolute Gasteiger partial charge is 0.373 e. The number of hydrogen-bond donors (Lipinski definition) is 2. The molecular weight excluding hydrogens is 689 g/mol. The summed E-state index contributed by atoms with van der Waals surface area (Å²) in [6, 6.07) is 37.6. The molecule has 50 heavy (non-hydrogen) atoms. The van der Waals surface area contributed by atoms with E-state index in [4.69, 9.17) is 9.32 Å². The van der Waals surface area contributed by atoms with Crippen LogP contribution < -0.4 is 19.8 Å². The highest BCUT2D eigenvalue weighted by atomic mass is 32.2. The monoisotopic (exact) mass is 723 g/mol. The number of nitrogens with zero attached hydrogens (tertiary/aromatic N) is 3. The van der Waals surface area contributed by atoms with Crippen molar-refractivity contribution < 1.29 is 26.9 Å². The summed E-state index contributed by atoms with van der Waals surface area (Å²) < 4.78 is 41.0. The van der Waals surface area contributed by atoms with E-state index in [1.54, 1.807) is 30.0 Å². The van der Waals surface area contributed by atoms with Gasteiger partial charge in [0, 0.05) is 71.1 Å². The number of hydroxylamine groups is 1. The minimum atomic E-state index is -4.34. The first kappa shape index (κ1) is 34.1. The van der Waals surface area contributed by atoms with Crippen molar-refractivity contribution in [3.8, 4) is 0 Å². The Morgan fingerprint density at radius 1 is 0.920 bits per heavy atom. The van der Waals surface area contributed by atoms with E-state index in [1.807, 2.05) is 36.2 Å². The molecule has 0 aliphatic carbocycles. The number of fused-ring (bicyclic) bond motifs is 3. The maximum atomic E-state index is 11.8. The summed E-state index contributed by atoms with van der Waals surface area (Å²) in [5.74, 6) is 0. The molecule has 0 radical (unpaired) electrons. The van der Waals surface area contributed by atoms with Crippen LogP contribution in [0.4, 0.5) is 11.4 Å². The molecule has 9 nitrogen and oxygen atoms in total. The molecule has 1 aliphatic heterocycles. The molecule has 0 bridgehead atoms. The average molecular weight is 724 g/mol. The van der Waals surface area contributed by atoms with Crippen LogP contribution in [0.1, 0.15) is 11.1 Å². The molecule has 0 fully saturated rings. The Hall–Kier alpha value is -4.40. The van der Waals surface area contributed by atoms with Crippen LogP contribution in [0.15, 0.2) is 141 Å². The lowest BCUT2D eigenvalue weighted by Crippen LogP contribution is -2.34. The van der Waals surface area contributed by atoms with Crippen LogP contribution in [0.2, 0.25) is 0 Å². The number of para-hydroxylation sites is 1. The second-order valence-electron chi connectivity index (χ2n) is 11.8. The van der Waals surface area contributed by atoms with Crippen molar-refractivity contribution in [1.82, 2.24) is 5.48 Å². The Morgan fingerprint density at radius 3 is 2.52 bits per heavy atom. The molecule has 0 unspecified atom stereocenters. The van der Waals surface area contributed by atoms with E-state index in [9.17, 15) is 13.0 Å². The topological polar surface area (TPSA) is 95.2 Å². The van der Waals surface area contributed by atoms with Gasteiger partial charge >= 0.3 is 0 Å². The van der Waals surface area contributed by atoms with Crippen molar-refractivity contribution in [1.29, 1.82) is 0 Å². The van der Waals surface area contributed by atoms with Gasteiger partial charge in [-0.3, -0.25) is 4.55 Å². The fraction of sp³-hybridized carbons (Fsp3) is 0.132. The number of anilines is 2. The van der Waals surface area contributed by atoms with Crippen molar-refractivity contribution in [2.24, 2.45) is 0 Å². The first-order chi connectivity index (χ1) is 24.3. The third kappa shape index (κ3) is 7.37. The van der Waals surface area contributed by atoms with Gasteiger partial charge in [-0.2, -0.15) is 18.5 Å². The fourth-order valence-electron chi connectivity index (χ4n) is 6.09. The number of rotatable bonds is 12. The summed E-state index contributed by atoms with van der Waals surface area (Å²) in [6.45, 7) is 1.79. The highest BCUT2D eigenvalue weighted by Crippen LogP contribution is 2.47. The first-order valence-electron chi connectivity index (χ1n) is 15.9. The van der Waals surface area contributed by atoms with Gasteiger partial charge in [0.25, 0.3) is 10.1 Å². The van der Waals surface area contributed by atoms with Gasteiger partial charge in [0.1, 0.15) is 4.90 Å². The zero-order chi connectivity index (χ0) is 34.7. The number of thioether (sulfide) groups is 1. The molecule has 1 aromatic heterocycles. The predicted octanol–water partition coefficient (Wildman–Crippen LogP) is 7.71.